The largest absolute Gasteiger partial charge is 0.480 e. The molecule has 2 aromatic rings. The van der Waals surface area contributed by atoms with Crippen LogP contribution in [-0.4, -0.2) is 28.6 Å². The Morgan fingerprint density at radius 2 is 2.17 bits per heavy atom. The molecule has 1 fully saturated rings. The fraction of sp³-hybridized carbons (Fsp3) is 0.286. The van der Waals surface area contributed by atoms with Crippen molar-refractivity contribution in [2.24, 2.45) is 0 Å². The molecule has 1 N–H and O–H groups in total. The van der Waals surface area contributed by atoms with Crippen LogP contribution in [-0.2, 0) is 4.79 Å². The van der Waals surface area contributed by atoms with Crippen molar-refractivity contribution in [3.05, 3.63) is 36.5 Å². The summed E-state index contributed by atoms with van der Waals surface area (Å²) in [5.41, 5.74) is 1.89. The number of hydrogen-bond donors (Lipinski definition) is 1. The molecular weight excluding hydrogens is 228 g/mol. The normalized spacial score (nSPS) is 19.3. The topological polar surface area (TPSA) is 53.4 Å². The molecule has 0 radical (unpaired) electrons. The number of carboxylic acids is 1. The lowest BCUT2D eigenvalue weighted by Crippen LogP contribution is -2.35. The lowest BCUT2D eigenvalue weighted by atomic mass is 10.1. The summed E-state index contributed by atoms with van der Waals surface area (Å²) in [6, 6.07) is 9.34. The predicted molar refractivity (Wildman–Crippen MR) is 69.7 cm³/mol. The molecule has 1 aromatic carbocycles. The number of anilines is 1. The van der Waals surface area contributed by atoms with E-state index in [2.05, 4.69) is 4.98 Å². The monoisotopic (exact) mass is 242 g/mol. The lowest BCUT2D eigenvalue weighted by molar-refractivity contribution is -0.138. The molecule has 92 valence electrons. The van der Waals surface area contributed by atoms with Crippen molar-refractivity contribution in [3.8, 4) is 0 Å². The van der Waals surface area contributed by atoms with Crippen LogP contribution < -0.4 is 4.90 Å². The molecule has 1 aliphatic rings. The van der Waals surface area contributed by atoms with Gasteiger partial charge in [-0.2, -0.15) is 0 Å². The first-order valence-electron chi connectivity index (χ1n) is 6.10. The van der Waals surface area contributed by atoms with Crippen LogP contribution in [0.2, 0.25) is 0 Å². The van der Waals surface area contributed by atoms with E-state index >= 15 is 0 Å². The van der Waals surface area contributed by atoms with Gasteiger partial charge in [0.05, 0.1) is 5.52 Å². The van der Waals surface area contributed by atoms with E-state index in [1.807, 2.05) is 35.2 Å². The summed E-state index contributed by atoms with van der Waals surface area (Å²) in [5, 5.41) is 10.3. The fourth-order valence-corrected chi connectivity index (χ4v) is 2.64. The van der Waals surface area contributed by atoms with E-state index < -0.39 is 12.0 Å². The van der Waals surface area contributed by atoms with Crippen LogP contribution in [0, 0.1) is 0 Å². The summed E-state index contributed by atoms with van der Waals surface area (Å²) in [5.74, 6) is -0.742. The van der Waals surface area contributed by atoms with Crippen molar-refractivity contribution in [2.75, 3.05) is 11.4 Å². The van der Waals surface area contributed by atoms with Gasteiger partial charge in [-0.1, -0.05) is 18.2 Å². The Balaban J connectivity index is 2.11. The Kier molecular flexibility index (Phi) is 2.63. The Labute approximate surface area is 105 Å². The van der Waals surface area contributed by atoms with Crippen molar-refractivity contribution >= 4 is 22.6 Å². The highest BCUT2D eigenvalue weighted by molar-refractivity contribution is 5.93. The molecule has 2 heterocycles. The average molecular weight is 242 g/mol. The molecule has 4 nitrogen and oxygen atoms in total. The summed E-state index contributed by atoms with van der Waals surface area (Å²) in [6.07, 6.45) is 3.38. The van der Waals surface area contributed by atoms with Gasteiger partial charge in [0.25, 0.3) is 0 Å². The van der Waals surface area contributed by atoms with Gasteiger partial charge in [0.15, 0.2) is 0 Å². The van der Waals surface area contributed by atoms with Crippen molar-refractivity contribution < 1.29 is 9.90 Å². The third-order valence-corrected chi connectivity index (χ3v) is 3.47. The number of nitrogens with zero attached hydrogens (tertiary/aromatic N) is 2. The van der Waals surface area contributed by atoms with Gasteiger partial charge in [-0.25, -0.2) is 4.79 Å². The molecule has 0 saturated carbocycles. The number of fused-ring (bicyclic) bond motifs is 1. The average Bonchev–Trinajstić information content (AvgIpc) is 2.87. The standard InChI is InChI=1S/C14H14N2O2/c17-14(18)13-6-3-9-16(13)12-7-8-15-11-5-2-1-4-10(11)12/h1-2,4-5,7-8,13H,3,6,9H2,(H,17,18). The second-order valence-corrected chi connectivity index (χ2v) is 4.54. The van der Waals surface area contributed by atoms with Gasteiger partial charge in [0.2, 0.25) is 0 Å². The molecule has 0 amide bonds. The molecule has 1 atom stereocenters. The van der Waals surface area contributed by atoms with Crippen LogP contribution in [0.3, 0.4) is 0 Å². The van der Waals surface area contributed by atoms with Gasteiger partial charge in [-0.15, -0.1) is 0 Å². The molecule has 0 spiro atoms. The lowest BCUT2D eigenvalue weighted by Gasteiger charge is -2.24. The highest BCUT2D eigenvalue weighted by atomic mass is 16.4. The fourth-order valence-electron chi connectivity index (χ4n) is 2.64. The Bertz CT molecular complexity index is 592. The van der Waals surface area contributed by atoms with Gasteiger partial charge in [0, 0.05) is 23.8 Å². The highest BCUT2D eigenvalue weighted by Crippen LogP contribution is 2.31. The zero-order valence-corrected chi connectivity index (χ0v) is 9.91. The SMILES string of the molecule is O=C(O)C1CCCN1c1ccnc2ccccc12. The smallest absolute Gasteiger partial charge is 0.326 e. The number of carboxylic acid groups (broad SMARTS) is 1. The van der Waals surface area contributed by atoms with E-state index in [0.717, 1.165) is 29.6 Å². The van der Waals surface area contributed by atoms with Gasteiger partial charge in [-0.3, -0.25) is 4.98 Å². The van der Waals surface area contributed by atoms with Crippen LogP contribution in [0.4, 0.5) is 5.69 Å². The minimum atomic E-state index is -0.742. The Hall–Kier alpha value is -2.10. The third-order valence-electron chi connectivity index (χ3n) is 3.47. The van der Waals surface area contributed by atoms with Crippen molar-refractivity contribution in [2.45, 2.75) is 18.9 Å². The van der Waals surface area contributed by atoms with Gasteiger partial charge >= 0.3 is 5.97 Å². The maximum Gasteiger partial charge on any atom is 0.326 e. The summed E-state index contributed by atoms with van der Waals surface area (Å²) in [4.78, 5) is 17.6. The predicted octanol–water partition coefficient (Wildman–Crippen LogP) is 2.29. The zero-order chi connectivity index (χ0) is 12.5. The second kappa shape index (κ2) is 4.29. The molecule has 4 heteroatoms. The van der Waals surface area contributed by atoms with Crippen molar-refractivity contribution in [1.29, 1.82) is 0 Å². The molecule has 0 aliphatic carbocycles. The summed E-state index contributed by atoms with van der Waals surface area (Å²) < 4.78 is 0. The van der Waals surface area contributed by atoms with Gasteiger partial charge in [0.1, 0.15) is 6.04 Å². The van der Waals surface area contributed by atoms with E-state index in [4.69, 9.17) is 0 Å². The minimum absolute atomic E-state index is 0.407. The molecule has 18 heavy (non-hydrogen) atoms. The number of rotatable bonds is 2. The first kappa shape index (κ1) is 11.0. The number of aliphatic carboxylic acids is 1. The minimum Gasteiger partial charge on any atom is -0.480 e. The first-order chi connectivity index (χ1) is 8.77. The van der Waals surface area contributed by atoms with Gasteiger partial charge in [-0.05, 0) is 25.0 Å². The van der Waals surface area contributed by atoms with E-state index in [1.165, 1.54) is 0 Å². The molecule has 0 bridgehead atoms. The third kappa shape index (κ3) is 1.70. The van der Waals surface area contributed by atoms with Crippen LogP contribution >= 0.6 is 0 Å². The molecule has 1 aliphatic heterocycles. The van der Waals surface area contributed by atoms with E-state index in [-0.39, 0.29) is 0 Å². The van der Waals surface area contributed by atoms with Gasteiger partial charge < -0.3 is 10.0 Å². The van der Waals surface area contributed by atoms with Crippen LogP contribution in [0.25, 0.3) is 10.9 Å². The van der Waals surface area contributed by atoms with E-state index in [1.54, 1.807) is 6.20 Å². The quantitative estimate of drug-likeness (QED) is 0.877. The number of carbonyl (C=O) groups is 1. The molecule has 1 aromatic heterocycles. The van der Waals surface area contributed by atoms with E-state index in [0.29, 0.717) is 6.42 Å². The van der Waals surface area contributed by atoms with Crippen molar-refractivity contribution in [1.82, 2.24) is 4.98 Å². The number of aromatic nitrogens is 1. The highest BCUT2D eigenvalue weighted by Gasteiger charge is 2.31. The summed E-state index contributed by atoms with van der Waals surface area (Å²) in [7, 11) is 0. The number of pyridine rings is 1. The number of para-hydroxylation sites is 1. The molecule has 3 rings (SSSR count). The summed E-state index contributed by atoms with van der Waals surface area (Å²) in [6.45, 7) is 0.797. The molecule has 1 saturated heterocycles. The number of hydrogen-bond acceptors (Lipinski definition) is 3. The maximum atomic E-state index is 11.3. The first-order valence-corrected chi connectivity index (χ1v) is 6.10. The molecular formula is C14H14N2O2. The Morgan fingerprint density at radius 1 is 1.33 bits per heavy atom. The van der Waals surface area contributed by atoms with E-state index in [9.17, 15) is 9.90 Å². The van der Waals surface area contributed by atoms with Crippen molar-refractivity contribution in [3.63, 3.8) is 0 Å². The summed E-state index contributed by atoms with van der Waals surface area (Å²) >= 11 is 0. The Morgan fingerprint density at radius 3 is 3.00 bits per heavy atom. The van der Waals surface area contributed by atoms with Crippen LogP contribution in [0.15, 0.2) is 36.5 Å². The number of benzene rings is 1. The zero-order valence-electron chi connectivity index (χ0n) is 9.91. The van der Waals surface area contributed by atoms with Crippen LogP contribution in [0.5, 0.6) is 0 Å². The second-order valence-electron chi connectivity index (χ2n) is 4.54. The molecule has 1 unspecified atom stereocenters. The maximum absolute atomic E-state index is 11.3. The van der Waals surface area contributed by atoms with Crippen LogP contribution in [0.1, 0.15) is 12.8 Å².